The molecule has 1 atom stereocenters. The molecule has 0 fully saturated rings. The lowest BCUT2D eigenvalue weighted by Crippen LogP contribution is -2.23. The highest BCUT2D eigenvalue weighted by Crippen LogP contribution is 2.34. The van der Waals surface area contributed by atoms with Crippen LogP contribution in [0.1, 0.15) is 22.9 Å². The number of nitrogens with two attached hydrogens (primary N) is 2. The van der Waals surface area contributed by atoms with Gasteiger partial charge in [0.1, 0.15) is 5.82 Å². The lowest BCUT2D eigenvalue weighted by Gasteiger charge is -2.18. The molecule has 144 valence electrons. The van der Waals surface area contributed by atoms with Gasteiger partial charge in [-0.2, -0.15) is 0 Å². The Morgan fingerprint density at radius 2 is 1.75 bits per heavy atom. The number of sulfonamides is 1. The zero-order valence-electron chi connectivity index (χ0n) is 14.8. The largest absolute Gasteiger partial charge is 0.369 e. The lowest BCUT2D eigenvalue weighted by atomic mass is 9.89. The van der Waals surface area contributed by atoms with Gasteiger partial charge in [-0.1, -0.05) is 41.9 Å². The highest BCUT2D eigenvalue weighted by atomic mass is 35.5. The number of aryl methyl sites for hydroxylation is 1. The Hall–Kier alpha value is -2.81. The molecule has 0 aliphatic carbocycles. The minimum Gasteiger partial charge on any atom is -0.369 e. The van der Waals surface area contributed by atoms with Crippen LogP contribution in [0.2, 0.25) is 5.02 Å². The van der Waals surface area contributed by atoms with Crippen LogP contribution >= 0.6 is 11.6 Å². The van der Waals surface area contributed by atoms with Gasteiger partial charge in [0.05, 0.1) is 10.8 Å². The number of nitrogens with zero attached hydrogens (tertiary/aromatic N) is 2. The number of hydrogen-bond acceptors (Lipinski definition) is 5. The highest BCUT2D eigenvalue weighted by molar-refractivity contribution is 7.89. The summed E-state index contributed by atoms with van der Waals surface area (Å²) in [6.45, 7) is 1.72. The second-order valence-electron chi connectivity index (χ2n) is 6.18. The van der Waals surface area contributed by atoms with E-state index in [0.717, 1.165) is 0 Å². The minimum atomic E-state index is -4.11. The smallest absolute Gasteiger partial charge is 0.238 e. The average molecular weight is 417 g/mol. The Morgan fingerprint density at radius 3 is 2.32 bits per heavy atom. The molecule has 0 radical (unpaired) electrons. The van der Waals surface area contributed by atoms with E-state index in [9.17, 15) is 13.2 Å². The number of carbonyl (C=O) groups excluding carboxylic acids is 1. The van der Waals surface area contributed by atoms with Crippen molar-refractivity contribution in [3.05, 3.63) is 76.8 Å². The lowest BCUT2D eigenvalue weighted by molar-refractivity contribution is -0.118. The molecule has 28 heavy (non-hydrogen) atoms. The van der Waals surface area contributed by atoms with Gasteiger partial charge in [-0.3, -0.25) is 4.79 Å². The Kier molecular flexibility index (Phi) is 5.46. The standard InChI is InChI=1S/C19H17ClN4O3S/c1-11-23-9-13(10-24-11)14-7-6-12(8-17(14)28(22,26)27)18(19(21)25)15-4-2-3-5-16(15)20/h2-10,18H,1H3,(H2,21,25)(H2,22,26,27). The summed E-state index contributed by atoms with van der Waals surface area (Å²) in [5.74, 6) is -1.05. The molecule has 9 heteroatoms. The van der Waals surface area contributed by atoms with Crippen LogP contribution in [-0.4, -0.2) is 24.3 Å². The predicted molar refractivity (Wildman–Crippen MR) is 106 cm³/mol. The van der Waals surface area contributed by atoms with Crippen molar-refractivity contribution in [3.8, 4) is 11.1 Å². The number of halogens is 1. The van der Waals surface area contributed by atoms with E-state index in [1.165, 1.54) is 18.5 Å². The van der Waals surface area contributed by atoms with E-state index >= 15 is 0 Å². The van der Waals surface area contributed by atoms with Crippen molar-refractivity contribution >= 4 is 27.5 Å². The summed E-state index contributed by atoms with van der Waals surface area (Å²) in [7, 11) is -4.11. The van der Waals surface area contributed by atoms with Crippen molar-refractivity contribution < 1.29 is 13.2 Å². The second kappa shape index (κ2) is 7.67. The van der Waals surface area contributed by atoms with Crippen LogP contribution in [0, 0.1) is 6.92 Å². The molecule has 1 aromatic heterocycles. The summed E-state index contributed by atoms with van der Waals surface area (Å²) in [4.78, 5) is 20.2. The van der Waals surface area contributed by atoms with Crippen LogP contribution < -0.4 is 10.9 Å². The zero-order valence-corrected chi connectivity index (χ0v) is 16.4. The van der Waals surface area contributed by atoms with E-state index in [1.807, 2.05) is 0 Å². The van der Waals surface area contributed by atoms with Crippen LogP contribution in [-0.2, 0) is 14.8 Å². The fourth-order valence-electron chi connectivity index (χ4n) is 2.93. The van der Waals surface area contributed by atoms with E-state index in [0.29, 0.717) is 33.1 Å². The maximum absolute atomic E-state index is 12.2. The Bertz CT molecular complexity index is 1150. The molecular weight excluding hydrogens is 400 g/mol. The van der Waals surface area contributed by atoms with Crippen molar-refractivity contribution in [3.63, 3.8) is 0 Å². The summed E-state index contributed by atoms with van der Waals surface area (Å²) < 4.78 is 24.5. The van der Waals surface area contributed by atoms with Crippen LogP contribution in [0.3, 0.4) is 0 Å². The van der Waals surface area contributed by atoms with Gasteiger partial charge >= 0.3 is 0 Å². The molecule has 1 amide bonds. The minimum absolute atomic E-state index is 0.157. The summed E-state index contributed by atoms with van der Waals surface area (Å²) in [6, 6.07) is 11.2. The second-order valence-corrected chi connectivity index (χ2v) is 8.11. The molecule has 0 saturated carbocycles. The third kappa shape index (κ3) is 4.04. The molecule has 0 saturated heterocycles. The average Bonchev–Trinajstić information content (AvgIpc) is 2.63. The van der Waals surface area contributed by atoms with Crippen molar-refractivity contribution in [1.82, 2.24) is 9.97 Å². The maximum atomic E-state index is 12.2. The summed E-state index contributed by atoms with van der Waals surface area (Å²) >= 11 is 6.22. The first-order chi connectivity index (χ1) is 13.2. The maximum Gasteiger partial charge on any atom is 0.238 e. The summed E-state index contributed by atoms with van der Waals surface area (Å²) in [5, 5.41) is 5.77. The first-order valence-corrected chi connectivity index (χ1v) is 10.1. The molecule has 2 aromatic carbocycles. The third-order valence-electron chi connectivity index (χ3n) is 4.24. The number of hydrogen-bond donors (Lipinski definition) is 2. The van der Waals surface area contributed by atoms with Gasteiger partial charge in [0.2, 0.25) is 15.9 Å². The Labute approximate surface area is 167 Å². The molecular formula is C19H17ClN4O3S. The molecule has 0 spiro atoms. The number of aromatic nitrogens is 2. The van der Waals surface area contributed by atoms with Gasteiger partial charge in [0, 0.05) is 28.5 Å². The monoisotopic (exact) mass is 416 g/mol. The van der Waals surface area contributed by atoms with Crippen molar-refractivity contribution in [2.75, 3.05) is 0 Å². The topological polar surface area (TPSA) is 129 Å². The van der Waals surface area contributed by atoms with Crippen molar-refractivity contribution in [2.45, 2.75) is 17.7 Å². The van der Waals surface area contributed by atoms with Crippen LogP contribution in [0.5, 0.6) is 0 Å². The van der Waals surface area contributed by atoms with E-state index in [2.05, 4.69) is 9.97 Å². The molecule has 1 unspecified atom stereocenters. The van der Waals surface area contributed by atoms with Gasteiger partial charge in [-0.05, 0) is 30.2 Å². The highest BCUT2D eigenvalue weighted by Gasteiger charge is 2.25. The number of amides is 1. The molecule has 0 bridgehead atoms. The molecule has 3 aromatic rings. The Balaban J connectivity index is 2.22. The molecule has 0 aliphatic rings. The number of carbonyl (C=O) groups is 1. The summed E-state index contributed by atoms with van der Waals surface area (Å²) in [6.07, 6.45) is 3.01. The van der Waals surface area contributed by atoms with E-state index < -0.39 is 21.8 Å². The SMILES string of the molecule is Cc1ncc(-c2ccc(C(C(N)=O)c3ccccc3Cl)cc2S(N)(=O)=O)cn1. The molecule has 7 nitrogen and oxygen atoms in total. The van der Waals surface area contributed by atoms with E-state index in [-0.39, 0.29) is 4.90 Å². The first-order valence-electron chi connectivity index (χ1n) is 8.18. The zero-order chi connectivity index (χ0) is 20.5. The van der Waals surface area contributed by atoms with Crippen molar-refractivity contribution in [2.24, 2.45) is 10.9 Å². The molecule has 3 rings (SSSR count). The van der Waals surface area contributed by atoms with Crippen LogP contribution in [0.4, 0.5) is 0 Å². The summed E-state index contributed by atoms with van der Waals surface area (Å²) in [5.41, 5.74) is 7.24. The fourth-order valence-corrected chi connectivity index (χ4v) is 3.97. The normalized spacial score (nSPS) is 12.5. The molecule has 0 aliphatic heterocycles. The first kappa shape index (κ1) is 19.9. The van der Waals surface area contributed by atoms with Crippen molar-refractivity contribution in [1.29, 1.82) is 0 Å². The fraction of sp³-hybridized carbons (Fsp3) is 0.105. The number of primary sulfonamides is 1. The van der Waals surface area contributed by atoms with Gasteiger partial charge < -0.3 is 5.73 Å². The Morgan fingerprint density at radius 1 is 1.11 bits per heavy atom. The van der Waals surface area contributed by atoms with Crippen LogP contribution in [0.25, 0.3) is 11.1 Å². The number of rotatable bonds is 5. The quantitative estimate of drug-likeness (QED) is 0.659. The molecule has 4 N–H and O–H groups in total. The van der Waals surface area contributed by atoms with Gasteiger partial charge in [-0.15, -0.1) is 0 Å². The van der Waals surface area contributed by atoms with Gasteiger partial charge in [-0.25, -0.2) is 23.5 Å². The predicted octanol–water partition coefficient (Wildman–Crippen LogP) is 2.37. The van der Waals surface area contributed by atoms with Crippen LogP contribution in [0.15, 0.2) is 59.8 Å². The molecule has 1 heterocycles. The van der Waals surface area contributed by atoms with Gasteiger partial charge in [0.15, 0.2) is 0 Å². The van der Waals surface area contributed by atoms with E-state index in [4.69, 9.17) is 22.5 Å². The number of benzene rings is 2. The third-order valence-corrected chi connectivity index (χ3v) is 5.53. The van der Waals surface area contributed by atoms with Gasteiger partial charge in [0.25, 0.3) is 0 Å². The van der Waals surface area contributed by atoms with E-state index in [1.54, 1.807) is 43.3 Å². The number of primary amides is 1.